The quantitative estimate of drug-likeness (QED) is 0.512. The van der Waals surface area contributed by atoms with Crippen molar-refractivity contribution in [2.24, 2.45) is 35.5 Å². The third-order valence-electron chi connectivity index (χ3n) is 11.4. The fourth-order valence-corrected chi connectivity index (χ4v) is 11.2. The van der Waals surface area contributed by atoms with Crippen molar-refractivity contribution in [3.8, 4) is 0 Å². The van der Waals surface area contributed by atoms with E-state index in [1.165, 1.54) is 44.9 Å². The molecular weight excluding hydrogens is 484 g/mol. The van der Waals surface area contributed by atoms with Crippen LogP contribution in [0.5, 0.6) is 0 Å². The Bertz CT molecular complexity index is 848. The van der Waals surface area contributed by atoms with Gasteiger partial charge < -0.3 is 5.11 Å². The number of hydrogen-bond donors (Lipinski definition) is 2. The largest absolute Gasteiger partial charge is 0.395 e. The Balaban J connectivity index is 1.27. The number of hydrogen-bond acceptors (Lipinski definition) is 6. The van der Waals surface area contributed by atoms with Gasteiger partial charge in [-0.25, -0.2) is 13.4 Å². The zero-order chi connectivity index (χ0) is 26.2. The molecule has 3 heterocycles. The van der Waals surface area contributed by atoms with Gasteiger partial charge in [-0.05, 0) is 99.8 Å². The van der Waals surface area contributed by atoms with E-state index in [2.05, 4.69) is 31.1 Å². The molecule has 0 amide bonds. The summed E-state index contributed by atoms with van der Waals surface area (Å²) in [4.78, 5) is 2.47. The molecule has 0 aromatic heterocycles. The molecule has 2 N–H and O–H groups in total. The van der Waals surface area contributed by atoms with Crippen molar-refractivity contribution in [1.82, 2.24) is 19.6 Å². The fourth-order valence-electron chi connectivity index (χ4n) is 9.15. The lowest BCUT2D eigenvalue weighted by Crippen LogP contribution is -2.71. The molecule has 0 spiro atoms. The van der Waals surface area contributed by atoms with Crippen molar-refractivity contribution in [3.05, 3.63) is 0 Å². The Morgan fingerprint density at radius 1 is 0.919 bits per heavy atom. The Morgan fingerprint density at radius 3 is 2.38 bits per heavy atom. The van der Waals surface area contributed by atoms with Crippen LogP contribution in [0.3, 0.4) is 0 Å². The van der Waals surface area contributed by atoms with Gasteiger partial charge in [-0.15, -0.1) is 0 Å². The third-order valence-corrected chi connectivity index (χ3v) is 13.6. The predicted octanol–water partition coefficient (Wildman–Crippen LogP) is 3.90. The SMILES string of the molecule is CCCN1NCCC1S(=O)(=O)N1CCCCN2C(C1)[C@H](C1CCC(C3CCCC(C)C3C)CC1)[C@H]2CO. The topological polar surface area (TPSA) is 76.1 Å². The number of sulfonamides is 1. The first kappa shape index (κ1) is 28.3. The second kappa shape index (κ2) is 12.1. The van der Waals surface area contributed by atoms with Gasteiger partial charge in [-0.1, -0.05) is 33.6 Å². The molecule has 214 valence electrons. The lowest BCUT2D eigenvalue weighted by Gasteiger charge is -2.60. The molecule has 0 radical (unpaired) electrons. The van der Waals surface area contributed by atoms with E-state index in [0.717, 1.165) is 62.6 Å². The zero-order valence-electron chi connectivity index (χ0n) is 23.7. The molecule has 7 nitrogen and oxygen atoms in total. The minimum atomic E-state index is -3.40. The number of aliphatic hydroxyl groups is 1. The summed E-state index contributed by atoms with van der Waals surface area (Å²) >= 11 is 0. The van der Waals surface area contributed by atoms with Gasteiger partial charge in [0.25, 0.3) is 0 Å². The molecule has 5 fully saturated rings. The number of rotatable bonds is 7. The van der Waals surface area contributed by atoms with Crippen LogP contribution in [0, 0.1) is 35.5 Å². The maximum atomic E-state index is 13.9. The van der Waals surface area contributed by atoms with E-state index in [9.17, 15) is 13.5 Å². The van der Waals surface area contributed by atoms with Gasteiger partial charge in [0.05, 0.1) is 6.61 Å². The molecule has 2 saturated carbocycles. The highest BCUT2D eigenvalue weighted by Gasteiger charge is 2.54. The van der Waals surface area contributed by atoms with Gasteiger partial charge in [0.15, 0.2) is 0 Å². The van der Waals surface area contributed by atoms with Crippen LogP contribution < -0.4 is 5.43 Å². The van der Waals surface area contributed by atoms with E-state index in [4.69, 9.17) is 0 Å². The van der Waals surface area contributed by atoms with Crippen molar-refractivity contribution in [3.63, 3.8) is 0 Å². The fraction of sp³-hybridized carbons (Fsp3) is 1.00. The number of nitrogens with zero attached hydrogens (tertiary/aromatic N) is 3. The molecule has 3 aliphatic heterocycles. The molecule has 5 aliphatic rings. The van der Waals surface area contributed by atoms with Gasteiger partial charge in [-0.3, -0.25) is 10.3 Å². The summed E-state index contributed by atoms with van der Waals surface area (Å²) in [7, 11) is -3.40. The maximum Gasteiger partial charge on any atom is 0.231 e. The molecule has 5 unspecified atom stereocenters. The Labute approximate surface area is 226 Å². The molecule has 0 aromatic rings. The van der Waals surface area contributed by atoms with Gasteiger partial charge >= 0.3 is 0 Å². The van der Waals surface area contributed by atoms with Crippen LogP contribution in [0.1, 0.15) is 91.4 Å². The highest BCUT2D eigenvalue weighted by Crippen LogP contribution is 2.50. The average molecular weight is 539 g/mol. The lowest BCUT2D eigenvalue weighted by molar-refractivity contribution is -0.123. The number of fused-ring (bicyclic) bond motifs is 1. The van der Waals surface area contributed by atoms with E-state index in [1.54, 1.807) is 0 Å². The van der Waals surface area contributed by atoms with Crippen molar-refractivity contribution < 1.29 is 13.5 Å². The van der Waals surface area contributed by atoms with Crippen molar-refractivity contribution in [2.45, 2.75) is 109 Å². The van der Waals surface area contributed by atoms with Crippen LogP contribution in [0.25, 0.3) is 0 Å². The summed E-state index contributed by atoms with van der Waals surface area (Å²) in [5, 5.41) is 11.9. The second-order valence-corrected chi connectivity index (χ2v) is 15.3. The van der Waals surface area contributed by atoms with Gasteiger partial charge in [0, 0.05) is 38.3 Å². The first-order chi connectivity index (χ1) is 17.9. The lowest BCUT2D eigenvalue weighted by atomic mass is 9.60. The highest BCUT2D eigenvalue weighted by molar-refractivity contribution is 7.89. The normalized spacial score (nSPS) is 43.1. The van der Waals surface area contributed by atoms with E-state index in [-0.39, 0.29) is 18.7 Å². The summed E-state index contributed by atoms with van der Waals surface area (Å²) in [5.74, 6) is 4.52. The summed E-state index contributed by atoms with van der Waals surface area (Å²) in [6, 6.07) is 0.476. The number of nitrogens with one attached hydrogen (secondary N) is 1. The molecule has 0 bridgehead atoms. The highest BCUT2D eigenvalue weighted by atomic mass is 32.2. The first-order valence-electron chi connectivity index (χ1n) is 15.7. The van der Waals surface area contributed by atoms with Crippen LogP contribution in [0.15, 0.2) is 0 Å². The smallest absolute Gasteiger partial charge is 0.231 e. The standard InChI is InChI=1S/C29H54N4O3S/c1-4-16-33-28(14-15-30-33)37(35,36)31-17-5-6-18-32-26(19-31)29(27(32)20-34)24-12-10-23(11-13-24)25-9-7-8-21(2)22(25)3/h21-30,34H,4-20H2,1-3H3/t21?,22?,23?,24?,25?,26?,27-,28?,29+/m1/s1. The van der Waals surface area contributed by atoms with Crippen molar-refractivity contribution in [2.75, 3.05) is 39.3 Å². The maximum absolute atomic E-state index is 13.9. The van der Waals surface area contributed by atoms with Gasteiger partial charge in [-0.2, -0.15) is 4.31 Å². The first-order valence-corrected chi connectivity index (χ1v) is 17.2. The van der Waals surface area contributed by atoms with Crippen LogP contribution >= 0.6 is 0 Å². The monoisotopic (exact) mass is 538 g/mol. The summed E-state index contributed by atoms with van der Waals surface area (Å²) in [6.45, 7) is 11.0. The summed E-state index contributed by atoms with van der Waals surface area (Å²) in [5.41, 5.74) is 3.31. The molecule has 3 saturated heterocycles. The minimum absolute atomic E-state index is 0.210. The van der Waals surface area contributed by atoms with Crippen molar-refractivity contribution in [1.29, 1.82) is 0 Å². The molecule has 8 heteroatoms. The average Bonchev–Trinajstić information content (AvgIpc) is 3.35. The molecule has 0 aromatic carbocycles. The van der Waals surface area contributed by atoms with Crippen LogP contribution in [0.4, 0.5) is 0 Å². The molecule has 37 heavy (non-hydrogen) atoms. The van der Waals surface area contributed by atoms with Crippen LogP contribution in [-0.2, 0) is 10.0 Å². The number of hydrazine groups is 1. The Hall–Kier alpha value is -0.250. The minimum Gasteiger partial charge on any atom is -0.395 e. The summed E-state index contributed by atoms with van der Waals surface area (Å²) < 4.78 is 29.6. The van der Waals surface area contributed by atoms with E-state index < -0.39 is 15.4 Å². The Morgan fingerprint density at radius 2 is 1.65 bits per heavy atom. The van der Waals surface area contributed by atoms with Crippen LogP contribution in [0.2, 0.25) is 0 Å². The predicted molar refractivity (Wildman–Crippen MR) is 149 cm³/mol. The summed E-state index contributed by atoms with van der Waals surface area (Å²) in [6.07, 6.45) is 12.9. The molecular formula is C29H54N4O3S. The van der Waals surface area contributed by atoms with E-state index >= 15 is 0 Å². The van der Waals surface area contributed by atoms with Crippen LogP contribution in [-0.4, -0.2) is 84.5 Å². The van der Waals surface area contributed by atoms with Crippen molar-refractivity contribution >= 4 is 10.0 Å². The molecule has 7 atom stereocenters. The molecule has 5 rings (SSSR count). The van der Waals surface area contributed by atoms with Gasteiger partial charge in [0.1, 0.15) is 5.37 Å². The third kappa shape index (κ3) is 5.54. The second-order valence-electron chi connectivity index (χ2n) is 13.2. The Kier molecular flexibility index (Phi) is 9.24. The van der Waals surface area contributed by atoms with E-state index in [1.807, 2.05) is 9.31 Å². The zero-order valence-corrected chi connectivity index (χ0v) is 24.5. The molecule has 2 aliphatic carbocycles. The van der Waals surface area contributed by atoms with Gasteiger partial charge in [0.2, 0.25) is 10.0 Å². The number of aliphatic hydroxyl groups excluding tert-OH is 1. The van der Waals surface area contributed by atoms with E-state index in [0.29, 0.717) is 31.3 Å².